The second-order valence-electron chi connectivity index (χ2n) is 6.38. The Morgan fingerprint density at radius 2 is 1.80 bits per heavy atom. The fourth-order valence-electron chi connectivity index (χ4n) is 2.67. The van der Waals surface area contributed by atoms with E-state index in [1.807, 2.05) is 18.4 Å². The Balaban J connectivity index is 2.15. The Labute approximate surface area is 179 Å². The predicted octanol–water partition coefficient (Wildman–Crippen LogP) is 4.35. The highest BCUT2D eigenvalue weighted by atomic mass is 32.2. The molecular formula is C22H25NO6S. The average molecular weight is 432 g/mol. The molecule has 0 bridgehead atoms. The normalized spacial score (nSPS) is 12.9. The van der Waals surface area contributed by atoms with Gasteiger partial charge in [-0.3, -0.25) is 5.32 Å². The van der Waals surface area contributed by atoms with E-state index in [0.29, 0.717) is 17.0 Å². The second kappa shape index (κ2) is 11.9. The van der Waals surface area contributed by atoms with E-state index < -0.39 is 24.1 Å². The summed E-state index contributed by atoms with van der Waals surface area (Å²) < 4.78 is 11.0. The molecule has 1 amide bonds. The molecule has 2 aromatic rings. The van der Waals surface area contributed by atoms with Crippen molar-refractivity contribution in [2.24, 2.45) is 5.92 Å². The topological polar surface area (TPSA) is 105 Å². The number of amides is 1. The lowest BCUT2D eigenvalue weighted by Crippen LogP contribution is -2.21. The van der Waals surface area contributed by atoms with E-state index in [2.05, 4.69) is 5.32 Å². The number of carboxylic acids is 1. The number of aliphatic hydroxyl groups is 1. The number of carboxylic acid groups (broad SMARTS) is 1. The molecule has 0 spiro atoms. The minimum Gasteiger partial charge on any atom is -0.491 e. The third-order valence-electron chi connectivity index (χ3n) is 4.16. The molecule has 0 aliphatic heterocycles. The highest BCUT2D eigenvalue weighted by Gasteiger charge is 2.22. The number of rotatable bonds is 10. The van der Waals surface area contributed by atoms with E-state index in [-0.39, 0.29) is 13.2 Å². The minimum absolute atomic E-state index is 0.0946. The van der Waals surface area contributed by atoms with Crippen LogP contribution in [0, 0.1) is 5.92 Å². The maximum atomic E-state index is 12.5. The van der Waals surface area contributed by atoms with Crippen LogP contribution in [-0.2, 0) is 9.53 Å². The van der Waals surface area contributed by atoms with Gasteiger partial charge in [-0.1, -0.05) is 25.1 Å². The van der Waals surface area contributed by atoms with E-state index in [1.165, 1.54) is 6.08 Å². The quantitative estimate of drug-likeness (QED) is 0.379. The number of aliphatic hydroxyl groups excluding tert-OH is 1. The van der Waals surface area contributed by atoms with Gasteiger partial charge in [-0.15, -0.1) is 11.8 Å². The molecule has 0 fully saturated rings. The average Bonchev–Trinajstić information content (AvgIpc) is 2.75. The standard InChI is InChI=1S/C22H25NO6S/c1-15(3-12-20(25)26)21(16-4-8-18(9-5-16)28-14-13-24)29-22(27)23-17-6-10-19(30-2)11-7-17/h3-12,15,21,24H,13-14H2,1-2H3,(H,23,27)(H,25,26)/b12-3+/t15-,21+/m1/s1. The zero-order valence-corrected chi connectivity index (χ0v) is 17.6. The van der Waals surface area contributed by atoms with E-state index in [4.69, 9.17) is 19.7 Å². The zero-order valence-electron chi connectivity index (χ0n) is 16.8. The number of hydrogen-bond acceptors (Lipinski definition) is 6. The minimum atomic E-state index is -1.08. The molecule has 2 rings (SSSR count). The first kappa shape index (κ1) is 23.3. The zero-order chi connectivity index (χ0) is 21.9. The lowest BCUT2D eigenvalue weighted by molar-refractivity contribution is -0.131. The van der Waals surface area contributed by atoms with Crippen molar-refractivity contribution in [1.82, 2.24) is 0 Å². The molecule has 0 aliphatic carbocycles. The summed E-state index contributed by atoms with van der Waals surface area (Å²) >= 11 is 1.60. The van der Waals surface area contributed by atoms with Gasteiger partial charge in [0.1, 0.15) is 18.5 Å². The Kier molecular flexibility index (Phi) is 9.24. The summed E-state index contributed by atoms with van der Waals surface area (Å²) in [6.45, 7) is 1.85. The van der Waals surface area contributed by atoms with E-state index in [1.54, 1.807) is 55.1 Å². The lowest BCUT2D eigenvalue weighted by Gasteiger charge is -2.23. The third-order valence-corrected chi connectivity index (χ3v) is 4.90. The summed E-state index contributed by atoms with van der Waals surface area (Å²) in [6.07, 6.45) is 3.11. The van der Waals surface area contributed by atoms with Crippen LogP contribution in [0.1, 0.15) is 18.6 Å². The van der Waals surface area contributed by atoms with Gasteiger partial charge < -0.3 is 19.7 Å². The predicted molar refractivity (Wildman–Crippen MR) is 116 cm³/mol. The number of hydrogen-bond donors (Lipinski definition) is 3. The molecule has 160 valence electrons. The molecule has 2 aromatic carbocycles. The molecule has 0 unspecified atom stereocenters. The van der Waals surface area contributed by atoms with Crippen LogP contribution < -0.4 is 10.1 Å². The number of aliphatic carboxylic acids is 1. The molecule has 30 heavy (non-hydrogen) atoms. The van der Waals surface area contributed by atoms with Crippen LogP contribution in [0.25, 0.3) is 0 Å². The van der Waals surface area contributed by atoms with Crippen molar-refractivity contribution in [2.75, 3.05) is 24.8 Å². The molecule has 7 nitrogen and oxygen atoms in total. The Morgan fingerprint density at radius 3 is 2.37 bits per heavy atom. The maximum Gasteiger partial charge on any atom is 0.412 e. The van der Waals surface area contributed by atoms with Gasteiger partial charge in [0.05, 0.1) is 6.61 Å². The molecular weight excluding hydrogens is 406 g/mol. The molecule has 0 radical (unpaired) electrons. The van der Waals surface area contributed by atoms with Crippen molar-refractivity contribution < 1.29 is 29.3 Å². The van der Waals surface area contributed by atoms with E-state index in [0.717, 1.165) is 11.0 Å². The van der Waals surface area contributed by atoms with Crippen molar-refractivity contribution in [3.05, 3.63) is 66.2 Å². The summed E-state index contributed by atoms with van der Waals surface area (Å²) in [5, 5.41) is 20.4. The van der Waals surface area contributed by atoms with Crippen LogP contribution in [-0.4, -0.2) is 41.7 Å². The highest BCUT2D eigenvalue weighted by molar-refractivity contribution is 7.98. The molecule has 2 atom stereocenters. The maximum absolute atomic E-state index is 12.5. The van der Waals surface area contributed by atoms with Gasteiger partial charge in [-0.05, 0) is 48.2 Å². The van der Waals surface area contributed by atoms with Gasteiger partial charge in [0.2, 0.25) is 0 Å². The van der Waals surface area contributed by atoms with Crippen LogP contribution in [0.3, 0.4) is 0 Å². The summed E-state index contributed by atoms with van der Waals surface area (Å²) in [4.78, 5) is 24.4. The van der Waals surface area contributed by atoms with Gasteiger partial charge in [0, 0.05) is 22.6 Å². The molecule has 8 heteroatoms. The smallest absolute Gasteiger partial charge is 0.412 e. The first-order valence-corrected chi connectivity index (χ1v) is 10.5. The Bertz CT molecular complexity index is 851. The van der Waals surface area contributed by atoms with Crippen LogP contribution in [0.15, 0.2) is 65.6 Å². The summed E-state index contributed by atoms with van der Waals surface area (Å²) in [5.41, 5.74) is 1.28. The fourth-order valence-corrected chi connectivity index (χ4v) is 3.08. The van der Waals surface area contributed by atoms with Gasteiger partial charge >= 0.3 is 12.1 Å². The fraction of sp³-hybridized carbons (Fsp3) is 0.273. The van der Waals surface area contributed by atoms with Crippen molar-refractivity contribution >= 4 is 29.5 Å². The van der Waals surface area contributed by atoms with Gasteiger partial charge in [-0.25, -0.2) is 9.59 Å². The van der Waals surface area contributed by atoms with Crippen LogP contribution in [0.4, 0.5) is 10.5 Å². The second-order valence-corrected chi connectivity index (χ2v) is 7.26. The van der Waals surface area contributed by atoms with Crippen LogP contribution >= 0.6 is 11.8 Å². The molecule has 0 aliphatic rings. The number of thioether (sulfide) groups is 1. The van der Waals surface area contributed by atoms with Crippen molar-refractivity contribution in [3.63, 3.8) is 0 Å². The molecule has 3 N–H and O–H groups in total. The number of carbonyl (C=O) groups excluding carboxylic acids is 1. The monoisotopic (exact) mass is 431 g/mol. The SMILES string of the molecule is CSc1ccc(NC(=O)O[C@H](c2ccc(OCCO)cc2)[C@H](C)/C=C/C(=O)O)cc1. The summed E-state index contributed by atoms with van der Waals surface area (Å²) in [7, 11) is 0. The molecule has 0 aromatic heterocycles. The van der Waals surface area contributed by atoms with Gasteiger partial charge in [0.25, 0.3) is 0 Å². The van der Waals surface area contributed by atoms with Crippen LogP contribution in [0.2, 0.25) is 0 Å². The number of anilines is 1. The van der Waals surface area contributed by atoms with E-state index in [9.17, 15) is 9.59 Å². The summed E-state index contributed by atoms with van der Waals surface area (Å²) in [5.74, 6) is -0.903. The number of ether oxygens (including phenoxy) is 2. The number of carbonyl (C=O) groups is 2. The lowest BCUT2D eigenvalue weighted by atomic mass is 9.96. The van der Waals surface area contributed by atoms with Crippen LogP contribution in [0.5, 0.6) is 5.75 Å². The summed E-state index contributed by atoms with van der Waals surface area (Å²) in [6, 6.07) is 14.2. The third kappa shape index (κ3) is 7.46. The van der Waals surface area contributed by atoms with Crippen molar-refractivity contribution in [3.8, 4) is 5.75 Å². The largest absolute Gasteiger partial charge is 0.491 e. The first-order valence-electron chi connectivity index (χ1n) is 9.29. The van der Waals surface area contributed by atoms with Gasteiger partial charge in [-0.2, -0.15) is 0 Å². The van der Waals surface area contributed by atoms with Crippen molar-refractivity contribution in [1.29, 1.82) is 0 Å². The number of nitrogens with one attached hydrogen (secondary N) is 1. The number of benzene rings is 2. The first-order chi connectivity index (χ1) is 14.4. The van der Waals surface area contributed by atoms with Gasteiger partial charge in [0.15, 0.2) is 0 Å². The highest BCUT2D eigenvalue weighted by Crippen LogP contribution is 2.29. The Hall–Kier alpha value is -2.97. The van der Waals surface area contributed by atoms with Crippen molar-refractivity contribution in [2.45, 2.75) is 17.9 Å². The molecule has 0 saturated heterocycles. The van der Waals surface area contributed by atoms with E-state index >= 15 is 0 Å². The molecule has 0 heterocycles. The Morgan fingerprint density at radius 1 is 1.13 bits per heavy atom. The molecule has 0 saturated carbocycles.